The molecule has 0 heterocycles. The van der Waals surface area contributed by atoms with Crippen LogP contribution < -0.4 is 5.32 Å². The molecule has 0 aromatic rings. The van der Waals surface area contributed by atoms with Gasteiger partial charge in [-0.25, -0.2) is 4.79 Å². The molecule has 0 bridgehead atoms. The van der Waals surface area contributed by atoms with Crippen LogP contribution in [-0.4, -0.2) is 55.4 Å². The maximum atomic E-state index is 11.5. The Morgan fingerprint density at radius 2 is 1.93 bits per heavy atom. The number of rotatable bonds is 4. The van der Waals surface area contributed by atoms with Crippen LogP contribution in [0.3, 0.4) is 0 Å². The molecule has 0 spiro atoms. The third-order valence-electron chi connectivity index (χ3n) is 1.74. The van der Waals surface area contributed by atoms with Crippen molar-refractivity contribution in [1.29, 1.82) is 0 Å². The Bertz CT molecular complexity index is 217. The van der Waals surface area contributed by atoms with Crippen LogP contribution in [-0.2, 0) is 9.53 Å². The summed E-state index contributed by atoms with van der Waals surface area (Å²) in [5.74, 6) is -0.270. The van der Waals surface area contributed by atoms with Crippen LogP contribution in [0.1, 0.15) is 6.92 Å². The molecule has 0 fully saturated rings. The topological polar surface area (TPSA) is 78.9 Å². The quantitative estimate of drug-likeness (QED) is 0.661. The van der Waals surface area contributed by atoms with E-state index >= 15 is 0 Å². The SMILES string of the molecule is CO[C@@H](C(=O)N(C)C)[C@@H](C)NC(=O)O. The van der Waals surface area contributed by atoms with E-state index in [9.17, 15) is 9.59 Å². The number of ether oxygens (including phenoxy) is 1. The number of carboxylic acid groups (broad SMARTS) is 1. The fraction of sp³-hybridized carbons (Fsp3) is 0.750. The van der Waals surface area contributed by atoms with Gasteiger partial charge in [-0.1, -0.05) is 0 Å². The van der Waals surface area contributed by atoms with Gasteiger partial charge in [-0.2, -0.15) is 0 Å². The summed E-state index contributed by atoms with van der Waals surface area (Å²) >= 11 is 0. The van der Waals surface area contributed by atoms with E-state index in [-0.39, 0.29) is 5.91 Å². The average Bonchev–Trinajstić information content (AvgIpc) is 2.03. The van der Waals surface area contributed by atoms with Crippen molar-refractivity contribution >= 4 is 12.0 Å². The monoisotopic (exact) mass is 204 g/mol. The van der Waals surface area contributed by atoms with Crippen LogP contribution in [0.4, 0.5) is 4.79 Å². The zero-order chi connectivity index (χ0) is 11.3. The van der Waals surface area contributed by atoms with Gasteiger partial charge in [0.05, 0.1) is 6.04 Å². The van der Waals surface area contributed by atoms with Crippen LogP contribution in [0.25, 0.3) is 0 Å². The minimum Gasteiger partial charge on any atom is -0.465 e. The first-order valence-corrected chi connectivity index (χ1v) is 4.13. The van der Waals surface area contributed by atoms with Gasteiger partial charge in [0.1, 0.15) is 0 Å². The molecular formula is C8H16N2O4. The van der Waals surface area contributed by atoms with Gasteiger partial charge in [0.25, 0.3) is 5.91 Å². The fourth-order valence-electron chi connectivity index (χ4n) is 1.04. The molecule has 6 heteroatoms. The molecule has 0 radical (unpaired) electrons. The maximum absolute atomic E-state index is 11.5. The summed E-state index contributed by atoms with van der Waals surface area (Å²) in [5, 5.41) is 10.6. The Kier molecular flexibility index (Phi) is 4.93. The molecule has 0 unspecified atom stereocenters. The van der Waals surface area contributed by atoms with Crippen molar-refractivity contribution in [3.63, 3.8) is 0 Å². The highest BCUT2D eigenvalue weighted by molar-refractivity contribution is 5.81. The Labute approximate surface area is 82.8 Å². The molecule has 0 aromatic carbocycles. The Hall–Kier alpha value is -1.30. The Morgan fingerprint density at radius 1 is 1.43 bits per heavy atom. The van der Waals surface area contributed by atoms with Gasteiger partial charge >= 0.3 is 6.09 Å². The summed E-state index contributed by atoms with van der Waals surface area (Å²) in [6.45, 7) is 1.57. The van der Waals surface area contributed by atoms with Gasteiger partial charge in [0.15, 0.2) is 6.10 Å². The van der Waals surface area contributed by atoms with Crippen molar-refractivity contribution in [1.82, 2.24) is 10.2 Å². The van der Waals surface area contributed by atoms with Crippen LogP contribution in [0.15, 0.2) is 0 Å². The molecule has 0 aliphatic carbocycles. The second kappa shape index (κ2) is 5.43. The lowest BCUT2D eigenvalue weighted by Gasteiger charge is -2.24. The number of carbonyl (C=O) groups is 2. The molecule has 2 N–H and O–H groups in total. The van der Waals surface area contributed by atoms with E-state index in [0.29, 0.717) is 0 Å². The molecule has 6 nitrogen and oxygen atoms in total. The summed E-state index contributed by atoms with van der Waals surface area (Å²) in [6.07, 6.45) is -1.97. The number of nitrogens with zero attached hydrogens (tertiary/aromatic N) is 1. The van der Waals surface area contributed by atoms with Gasteiger partial charge in [0, 0.05) is 21.2 Å². The normalized spacial score (nSPS) is 14.3. The molecule has 0 aliphatic rings. The van der Waals surface area contributed by atoms with Crippen LogP contribution in [0.5, 0.6) is 0 Å². The van der Waals surface area contributed by atoms with Crippen LogP contribution in [0.2, 0.25) is 0 Å². The number of likely N-dealkylation sites (N-methyl/N-ethyl adjacent to an activating group) is 1. The van der Waals surface area contributed by atoms with Crippen molar-refractivity contribution in [2.24, 2.45) is 0 Å². The number of hydrogen-bond donors (Lipinski definition) is 2. The smallest absolute Gasteiger partial charge is 0.404 e. The van der Waals surface area contributed by atoms with Crippen molar-refractivity contribution in [2.45, 2.75) is 19.1 Å². The lowest BCUT2D eigenvalue weighted by atomic mass is 10.1. The van der Waals surface area contributed by atoms with Crippen molar-refractivity contribution in [3.05, 3.63) is 0 Å². The van der Waals surface area contributed by atoms with Gasteiger partial charge in [-0.05, 0) is 6.92 Å². The highest BCUT2D eigenvalue weighted by Crippen LogP contribution is 2.01. The van der Waals surface area contributed by atoms with E-state index in [2.05, 4.69) is 5.32 Å². The molecule has 0 aromatic heterocycles. The molecule has 0 aliphatic heterocycles. The predicted molar refractivity (Wildman–Crippen MR) is 50.1 cm³/mol. The van der Waals surface area contributed by atoms with E-state index in [1.807, 2.05) is 0 Å². The number of hydrogen-bond acceptors (Lipinski definition) is 3. The van der Waals surface area contributed by atoms with Crippen LogP contribution in [0, 0.1) is 0 Å². The maximum Gasteiger partial charge on any atom is 0.404 e. The minimum atomic E-state index is -1.17. The van der Waals surface area contributed by atoms with Gasteiger partial charge < -0.3 is 20.1 Å². The molecule has 82 valence electrons. The summed E-state index contributed by atoms with van der Waals surface area (Å²) in [7, 11) is 4.54. The highest BCUT2D eigenvalue weighted by atomic mass is 16.5. The average molecular weight is 204 g/mol. The molecule has 0 saturated heterocycles. The lowest BCUT2D eigenvalue weighted by molar-refractivity contribution is -0.140. The summed E-state index contributed by atoms with van der Waals surface area (Å²) in [6, 6.07) is -0.576. The van der Waals surface area contributed by atoms with Gasteiger partial charge in [-0.15, -0.1) is 0 Å². The highest BCUT2D eigenvalue weighted by Gasteiger charge is 2.27. The first kappa shape index (κ1) is 12.7. The van der Waals surface area contributed by atoms with Gasteiger partial charge in [0.2, 0.25) is 0 Å². The predicted octanol–water partition coefficient (Wildman–Crippen LogP) is -0.254. The number of carbonyl (C=O) groups excluding carboxylic acids is 1. The number of nitrogens with one attached hydrogen (secondary N) is 1. The van der Waals surface area contributed by atoms with Crippen molar-refractivity contribution < 1.29 is 19.4 Å². The molecule has 0 rings (SSSR count). The standard InChI is InChI=1S/C8H16N2O4/c1-5(9-8(12)13)6(14-4)7(11)10(2)3/h5-6,9H,1-4H3,(H,12,13)/t5-,6-/m1/s1. The largest absolute Gasteiger partial charge is 0.465 e. The zero-order valence-electron chi connectivity index (χ0n) is 8.77. The first-order valence-electron chi connectivity index (χ1n) is 4.13. The summed E-state index contributed by atoms with van der Waals surface area (Å²) < 4.78 is 4.92. The minimum absolute atomic E-state index is 0.270. The lowest BCUT2D eigenvalue weighted by Crippen LogP contribution is -2.49. The van der Waals surface area contributed by atoms with E-state index in [1.54, 1.807) is 21.0 Å². The third-order valence-corrected chi connectivity index (χ3v) is 1.74. The first-order chi connectivity index (χ1) is 6.40. The Balaban J connectivity index is 4.39. The molecular weight excluding hydrogens is 188 g/mol. The van der Waals surface area contributed by atoms with Crippen LogP contribution >= 0.6 is 0 Å². The number of methoxy groups -OCH3 is 1. The fourth-order valence-corrected chi connectivity index (χ4v) is 1.04. The van der Waals surface area contributed by atoms with E-state index in [0.717, 1.165) is 0 Å². The van der Waals surface area contributed by atoms with Crippen molar-refractivity contribution in [3.8, 4) is 0 Å². The van der Waals surface area contributed by atoms with E-state index in [4.69, 9.17) is 9.84 Å². The molecule has 2 atom stereocenters. The van der Waals surface area contributed by atoms with Crippen molar-refractivity contribution in [2.75, 3.05) is 21.2 Å². The number of amides is 2. The summed E-state index contributed by atoms with van der Waals surface area (Å²) in [5.41, 5.74) is 0. The Morgan fingerprint density at radius 3 is 2.21 bits per heavy atom. The molecule has 0 saturated carbocycles. The molecule has 14 heavy (non-hydrogen) atoms. The zero-order valence-corrected chi connectivity index (χ0v) is 8.77. The van der Waals surface area contributed by atoms with Gasteiger partial charge in [-0.3, -0.25) is 4.79 Å². The van der Waals surface area contributed by atoms with E-state index < -0.39 is 18.2 Å². The molecule has 2 amide bonds. The third kappa shape index (κ3) is 3.61. The second-order valence-electron chi connectivity index (χ2n) is 3.13. The summed E-state index contributed by atoms with van der Waals surface area (Å²) in [4.78, 5) is 23.2. The van der Waals surface area contributed by atoms with E-state index in [1.165, 1.54) is 12.0 Å². The second-order valence-corrected chi connectivity index (χ2v) is 3.13.